The van der Waals surface area contributed by atoms with E-state index >= 15 is 0 Å². The molecule has 0 radical (unpaired) electrons. The SMILES string of the molecule is O=C(CN1C(=O)[C@@H]2[C@@H]3C=C[C@H]([C@H]4C[C@H]34)[C@@H]2C1=O)NC1(c2ccc(F)cc2)CCCC1. The van der Waals surface area contributed by atoms with Gasteiger partial charge < -0.3 is 5.32 Å². The van der Waals surface area contributed by atoms with E-state index in [1.54, 1.807) is 12.1 Å². The third kappa shape index (κ3) is 2.48. The number of nitrogens with one attached hydrogen (secondary N) is 1. The predicted molar refractivity (Wildman–Crippen MR) is 106 cm³/mol. The van der Waals surface area contributed by atoms with Crippen LogP contribution in [0.5, 0.6) is 0 Å². The number of carbonyl (C=O) groups is 3. The highest BCUT2D eigenvalue weighted by atomic mass is 19.1. The first-order valence-electron chi connectivity index (χ1n) is 11.1. The van der Waals surface area contributed by atoms with Gasteiger partial charge in [-0.3, -0.25) is 19.3 Å². The van der Waals surface area contributed by atoms with Crippen LogP contribution in [0.25, 0.3) is 0 Å². The maximum atomic E-state index is 13.4. The van der Waals surface area contributed by atoms with Crippen LogP contribution in [0, 0.1) is 41.3 Å². The summed E-state index contributed by atoms with van der Waals surface area (Å²) in [5.74, 6) is -0.103. The van der Waals surface area contributed by atoms with Crippen LogP contribution in [0.2, 0.25) is 0 Å². The van der Waals surface area contributed by atoms with E-state index in [-0.39, 0.29) is 53.8 Å². The van der Waals surface area contributed by atoms with E-state index in [1.807, 2.05) is 0 Å². The van der Waals surface area contributed by atoms with Crippen molar-refractivity contribution >= 4 is 17.7 Å². The summed E-state index contributed by atoms with van der Waals surface area (Å²) in [5.41, 5.74) is 0.329. The molecule has 2 bridgehead atoms. The van der Waals surface area contributed by atoms with Gasteiger partial charge in [0, 0.05) is 0 Å². The van der Waals surface area contributed by atoms with Gasteiger partial charge >= 0.3 is 0 Å². The first-order chi connectivity index (χ1) is 14.5. The van der Waals surface area contributed by atoms with Crippen molar-refractivity contribution in [2.24, 2.45) is 35.5 Å². The monoisotopic (exact) mass is 408 g/mol. The fourth-order valence-corrected chi connectivity index (χ4v) is 6.86. The van der Waals surface area contributed by atoms with Gasteiger partial charge in [-0.25, -0.2) is 4.39 Å². The Labute approximate surface area is 174 Å². The molecule has 5 aliphatic carbocycles. The lowest BCUT2D eigenvalue weighted by Gasteiger charge is -2.37. The molecule has 1 saturated heterocycles. The highest BCUT2D eigenvalue weighted by Crippen LogP contribution is 2.65. The number of nitrogens with zero attached hydrogens (tertiary/aromatic N) is 1. The van der Waals surface area contributed by atoms with E-state index in [0.717, 1.165) is 37.7 Å². The van der Waals surface area contributed by atoms with E-state index in [4.69, 9.17) is 0 Å². The number of rotatable bonds is 4. The van der Waals surface area contributed by atoms with Crippen LogP contribution in [0.3, 0.4) is 0 Å². The van der Waals surface area contributed by atoms with Crippen molar-refractivity contribution in [1.82, 2.24) is 10.2 Å². The molecule has 1 aromatic rings. The minimum atomic E-state index is -0.550. The molecule has 1 heterocycles. The standard InChI is InChI=1S/C24H25FN2O3/c25-14-5-3-13(4-6-14)24(9-1-2-10-24)26-19(28)12-27-22(29)20-15-7-8-16(18-11-17(15)18)21(20)23(27)30/h3-8,15-18,20-21H,1-2,9-12H2,(H,26,28)/t15-,16-,17-,18-,20-,21+/m1/s1. The van der Waals surface area contributed by atoms with Crippen molar-refractivity contribution in [3.8, 4) is 0 Å². The van der Waals surface area contributed by atoms with E-state index in [9.17, 15) is 18.8 Å². The average molecular weight is 408 g/mol. The van der Waals surface area contributed by atoms with Gasteiger partial charge in [0.25, 0.3) is 0 Å². The Bertz CT molecular complexity index is 929. The zero-order valence-electron chi connectivity index (χ0n) is 16.7. The number of imide groups is 1. The maximum Gasteiger partial charge on any atom is 0.240 e. The number of amides is 3. The molecule has 6 atom stereocenters. The predicted octanol–water partition coefficient (Wildman–Crippen LogP) is 2.76. The van der Waals surface area contributed by atoms with Gasteiger partial charge in [-0.15, -0.1) is 0 Å². The molecule has 30 heavy (non-hydrogen) atoms. The number of likely N-dealkylation sites (tertiary alicyclic amines) is 1. The number of benzene rings is 1. The maximum absolute atomic E-state index is 13.4. The Morgan fingerprint density at radius 2 is 1.57 bits per heavy atom. The molecule has 6 heteroatoms. The Morgan fingerprint density at radius 3 is 2.13 bits per heavy atom. The second kappa shape index (κ2) is 6.25. The summed E-state index contributed by atoms with van der Waals surface area (Å²) in [6, 6.07) is 6.26. The largest absolute Gasteiger partial charge is 0.345 e. The molecule has 6 aliphatic rings. The molecule has 0 aromatic heterocycles. The molecule has 3 saturated carbocycles. The molecule has 4 fully saturated rings. The first-order valence-corrected chi connectivity index (χ1v) is 11.1. The number of hydrogen-bond donors (Lipinski definition) is 1. The van der Waals surface area contributed by atoms with Crippen LogP contribution >= 0.6 is 0 Å². The lowest BCUT2D eigenvalue weighted by atomic mass is 9.63. The number of hydrogen-bond acceptors (Lipinski definition) is 3. The lowest BCUT2D eigenvalue weighted by Crippen LogP contribution is -2.49. The van der Waals surface area contributed by atoms with Gasteiger partial charge in [0.05, 0.1) is 17.4 Å². The molecule has 3 amide bonds. The number of halogens is 1. The third-order valence-electron chi connectivity index (χ3n) is 8.29. The molecule has 156 valence electrons. The second-order valence-corrected chi connectivity index (χ2v) is 9.76. The van der Waals surface area contributed by atoms with Crippen molar-refractivity contribution < 1.29 is 18.8 Å². The van der Waals surface area contributed by atoms with Gasteiger partial charge in [0.2, 0.25) is 17.7 Å². The van der Waals surface area contributed by atoms with Crippen molar-refractivity contribution in [2.75, 3.05) is 6.54 Å². The summed E-state index contributed by atoms with van der Waals surface area (Å²) in [6.07, 6.45) is 8.89. The summed E-state index contributed by atoms with van der Waals surface area (Å²) >= 11 is 0. The van der Waals surface area contributed by atoms with Crippen LogP contribution in [0.4, 0.5) is 4.39 Å². The zero-order chi connectivity index (χ0) is 20.6. The highest BCUT2D eigenvalue weighted by molar-refractivity contribution is 6.08. The molecular formula is C24H25FN2O3. The van der Waals surface area contributed by atoms with E-state index in [2.05, 4.69) is 17.5 Å². The quantitative estimate of drug-likeness (QED) is 0.615. The first kappa shape index (κ1) is 18.3. The van der Waals surface area contributed by atoms with Gasteiger partial charge in [-0.1, -0.05) is 37.1 Å². The summed E-state index contributed by atoms with van der Waals surface area (Å²) in [5, 5.41) is 3.11. The molecule has 0 spiro atoms. The summed E-state index contributed by atoms with van der Waals surface area (Å²) in [4.78, 5) is 40.4. The van der Waals surface area contributed by atoms with E-state index in [0.29, 0.717) is 11.8 Å². The fraction of sp³-hybridized carbons (Fsp3) is 0.542. The Balaban J connectivity index is 1.21. The second-order valence-electron chi connectivity index (χ2n) is 9.76. The Hall–Kier alpha value is -2.50. The van der Waals surface area contributed by atoms with Gasteiger partial charge in [0.1, 0.15) is 12.4 Å². The topological polar surface area (TPSA) is 66.5 Å². The van der Waals surface area contributed by atoms with Gasteiger partial charge in [-0.2, -0.15) is 0 Å². The van der Waals surface area contributed by atoms with Crippen molar-refractivity contribution in [3.63, 3.8) is 0 Å². The molecule has 7 rings (SSSR count). The van der Waals surface area contributed by atoms with Crippen LogP contribution in [-0.2, 0) is 19.9 Å². The van der Waals surface area contributed by atoms with Gasteiger partial charge in [0.15, 0.2) is 0 Å². The Kier molecular flexibility index (Phi) is 3.81. The summed E-state index contributed by atoms with van der Waals surface area (Å²) in [6.45, 7) is -0.220. The fourth-order valence-electron chi connectivity index (χ4n) is 6.86. The summed E-state index contributed by atoms with van der Waals surface area (Å²) < 4.78 is 13.4. The normalized spacial score (nSPS) is 37.3. The minimum Gasteiger partial charge on any atom is -0.345 e. The highest BCUT2D eigenvalue weighted by Gasteiger charge is 2.67. The third-order valence-corrected chi connectivity index (χ3v) is 8.29. The zero-order valence-corrected chi connectivity index (χ0v) is 16.7. The van der Waals surface area contributed by atoms with Crippen molar-refractivity contribution in [1.29, 1.82) is 0 Å². The molecule has 5 nitrogen and oxygen atoms in total. The smallest absolute Gasteiger partial charge is 0.240 e. The molecule has 0 unspecified atom stereocenters. The minimum absolute atomic E-state index is 0.162. The van der Waals surface area contributed by atoms with Crippen molar-refractivity contribution in [2.45, 2.75) is 37.6 Å². The van der Waals surface area contributed by atoms with Crippen LogP contribution < -0.4 is 5.32 Å². The van der Waals surface area contributed by atoms with Gasteiger partial charge in [-0.05, 0) is 60.6 Å². The van der Waals surface area contributed by atoms with E-state index in [1.165, 1.54) is 17.0 Å². The number of allylic oxidation sites excluding steroid dienone is 2. The Morgan fingerprint density at radius 1 is 1.00 bits per heavy atom. The van der Waals surface area contributed by atoms with Crippen LogP contribution in [0.1, 0.15) is 37.7 Å². The van der Waals surface area contributed by atoms with Crippen LogP contribution in [-0.4, -0.2) is 29.2 Å². The number of carbonyl (C=O) groups excluding carboxylic acids is 3. The van der Waals surface area contributed by atoms with Crippen LogP contribution in [0.15, 0.2) is 36.4 Å². The molecule has 1 N–H and O–H groups in total. The molecule has 1 aromatic carbocycles. The van der Waals surface area contributed by atoms with E-state index < -0.39 is 5.54 Å². The van der Waals surface area contributed by atoms with Crippen molar-refractivity contribution in [3.05, 3.63) is 47.8 Å². The molecular weight excluding hydrogens is 383 g/mol. The summed E-state index contributed by atoms with van der Waals surface area (Å²) in [7, 11) is 0. The average Bonchev–Trinajstić information content (AvgIpc) is 3.39. The lowest BCUT2D eigenvalue weighted by molar-refractivity contribution is -0.144. The molecule has 1 aliphatic heterocycles.